The molecule has 1 aromatic carbocycles. The van der Waals surface area contributed by atoms with Gasteiger partial charge in [-0.25, -0.2) is 0 Å². The van der Waals surface area contributed by atoms with Gasteiger partial charge in [-0.3, -0.25) is 0 Å². The van der Waals surface area contributed by atoms with Gasteiger partial charge in [-0.1, -0.05) is 24.6 Å². The fourth-order valence-corrected chi connectivity index (χ4v) is 4.02. The van der Waals surface area contributed by atoms with Gasteiger partial charge < -0.3 is 5.32 Å². The Labute approximate surface area is 113 Å². The van der Waals surface area contributed by atoms with Crippen LogP contribution in [-0.2, 0) is 6.42 Å². The maximum atomic E-state index is 3.72. The Balaban J connectivity index is 1.62. The lowest BCUT2D eigenvalue weighted by atomic mass is 9.96. The summed E-state index contributed by atoms with van der Waals surface area (Å²) >= 11 is 1.96. The summed E-state index contributed by atoms with van der Waals surface area (Å²) in [7, 11) is 0. The number of rotatable bonds is 3. The summed E-state index contributed by atoms with van der Waals surface area (Å²) in [6, 6.07) is 12.5. The van der Waals surface area contributed by atoms with Crippen LogP contribution in [0.5, 0.6) is 0 Å². The minimum Gasteiger partial charge on any atom is -0.311 e. The highest BCUT2D eigenvalue weighted by atomic mass is 32.1. The Kier molecular flexibility index (Phi) is 3.67. The Morgan fingerprint density at radius 1 is 1.28 bits per heavy atom. The van der Waals surface area contributed by atoms with Crippen LogP contribution in [0.3, 0.4) is 0 Å². The van der Waals surface area contributed by atoms with Crippen LogP contribution in [-0.4, -0.2) is 12.1 Å². The first-order valence-corrected chi connectivity index (χ1v) is 7.86. The number of benzene rings is 1. The third-order valence-electron chi connectivity index (χ3n) is 3.93. The molecule has 96 valence electrons. The van der Waals surface area contributed by atoms with Gasteiger partial charge >= 0.3 is 0 Å². The fraction of sp³-hybridized carbons (Fsp3) is 0.500. The van der Waals surface area contributed by atoms with Crippen molar-refractivity contribution in [3.05, 3.63) is 35.2 Å². The quantitative estimate of drug-likeness (QED) is 0.863. The van der Waals surface area contributed by atoms with Gasteiger partial charge in [0, 0.05) is 21.7 Å². The molecule has 1 saturated heterocycles. The Morgan fingerprint density at radius 2 is 2.17 bits per heavy atom. The molecule has 2 atom stereocenters. The van der Waals surface area contributed by atoms with E-state index in [1.807, 2.05) is 11.3 Å². The summed E-state index contributed by atoms with van der Waals surface area (Å²) in [5.74, 6) is 0. The molecule has 2 aromatic rings. The molecule has 1 aromatic heterocycles. The Hall–Kier alpha value is -0.860. The van der Waals surface area contributed by atoms with Crippen LogP contribution >= 0.6 is 11.3 Å². The molecular formula is C16H21NS. The van der Waals surface area contributed by atoms with E-state index in [2.05, 4.69) is 42.6 Å². The number of piperidine rings is 1. The van der Waals surface area contributed by atoms with Crippen molar-refractivity contribution in [1.29, 1.82) is 0 Å². The van der Waals surface area contributed by atoms with Gasteiger partial charge in [0.1, 0.15) is 0 Å². The number of fused-ring (bicyclic) bond motifs is 1. The Morgan fingerprint density at radius 3 is 3.00 bits per heavy atom. The molecule has 1 N–H and O–H groups in total. The van der Waals surface area contributed by atoms with Crippen LogP contribution in [0.15, 0.2) is 30.3 Å². The summed E-state index contributed by atoms with van der Waals surface area (Å²) in [4.78, 5) is 1.54. The zero-order valence-electron chi connectivity index (χ0n) is 11.0. The predicted octanol–water partition coefficient (Wildman–Crippen LogP) is 4.36. The van der Waals surface area contributed by atoms with Crippen molar-refractivity contribution >= 4 is 21.4 Å². The summed E-state index contributed by atoms with van der Waals surface area (Å²) in [5, 5.41) is 5.13. The topological polar surface area (TPSA) is 12.0 Å². The van der Waals surface area contributed by atoms with Crippen molar-refractivity contribution < 1.29 is 0 Å². The van der Waals surface area contributed by atoms with E-state index in [1.165, 1.54) is 47.1 Å². The van der Waals surface area contributed by atoms with Crippen LogP contribution in [0.1, 0.15) is 37.5 Å². The van der Waals surface area contributed by atoms with E-state index >= 15 is 0 Å². The lowest BCUT2D eigenvalue weighted by Crippen LogP contribution is -2.40. The van der Waals surface area contributed by atoms with Crippen molar-refractivity contribution in [1.82, 2.24) is 5.32 Å². The number of hydrogen-bond acceptors (Lipinski definition) is 2. The molecule has 2 unspecified atom stereocenters. The summed E-state index contributed by atoms with van der Waals surface area (Å²) in [5.41, 5.74) is 0. The van der Waals surface area contributed by atoms with Gasteiger partial charge in [0.25, 0.3) is 0 Å². The highest BCUT2D eigenvalue weighted by molar-refractivity contribution is 7.19. The number of hydrogen-bond donors (Lipinski definition) is 1. The summed E-state index contributed by atoms with van der Waals surface area (Å²) in [6.45, 7) is 2.31. The predicted molar refractivity (Wildman–Crippen MR) is 80.4 cm³/mol. The van der Waals surface area contributed by atoms with Gasteiger partial charge in [0.15, 0.2) is 0 Å². The first kappa shape index (κ1) is 12.2. The molecule has 0 aliphatic carbocycles. The van der Waals surface area contributed by atoms with Crippen LogP contribution in [0.2, 0.25) is 0 Å². The normalized spacial score (nSPS) is 24.5. The third-order valence-corrected chi connectivity index (χ3v) is 5.10. The molecular weight excluding hydrogens is 238 g/mol. The van der Waals surface area contributed by atoms with Crippen molar-refractivity contribution in [2.45, 2.75) is 51.1 Å². The molecule has 0 saturated carbocycles. The SMILES string of the molecule is CC1CCCC(CCc2cc3ccccc3s2)N1. The minimum atomic E-state index is 0.714. The minimum absolute atomic E-state index is 0.714. The number of nitrogens with one attached hydrogen (secondary N) is 1. The van der Waals surface area contributed by atoms with Gasteiger partial charge in [-0.2, -0.15) is 0 Å². The van der Waals surface area contributed by atoms with E-state index in [0.29, 0.717) is 6.04 Å². The number of aryl methyl sites for hydroxylation is 1. The Bertz CT molecular complexity index is 484. The zero-order chi connectivity index (χ0) is 12.4. The lowest BCUT2D eigenvalue weighted by Gasteiger charge is -2.28. The average molecular weight is 259 g/mol. The second kappa shape index (κ2) is 5.41. The lowest BCUT2D eigenvalue weighted by molar-refractivity contribution is 0.322. The molecule has 1 nitrogen and oxygen atoms in total. The van der Waals surface area contributed by atoms with E-state index in [4.69, 9.17) is 0 Å². The third kappa shape index (κ3) is 2.76. The standard InChI is InChI=1S/C16H21NS/c1-12-5-4-7-14(17-12)9-10-15-11-13-6-2-3-8-16(13)18-15/h2-3,6,8,11-12,14,17H,4-5,7,9-10H2,1H3. The van der Waals surface area contributed by atoms with Crippen molar-refractivity contribution in [2.24, 2.45) is 0 Å². The van der Waals surface area contributed by atoms with Crippen molar-refractivity contribution in [3.63, 3.8) is 0 Å². The molecule has 0 radical (unpaired) electrons. The van der Waals surface area contributed by atoms with Gasteiger partial charge in [-0.15, -0.1) is 11.3 Å². The van der Waals surface area contributed by atoms with Crippen LogP contribution in [0.25, 0.3) is 10.1 Å². The smallest absolute Gasteiger partial charge is 0.0345 e. The summed E-state index contributed by atoms with van der Waals surface area (Å²) in [6.07, 6.45) is 6.61. The molecule has 18 heavy (non-hydrogen) atoms. The molecule has 1 aliphatic rings. The molecule has 2 heteroatoms. The van der Waals surface area contributed by atoms with Gasteiger partial charge in [-0.05, 0) is 50.1 Å². The van der Waals surface area contributed by atoms with E-state index in [9.17, 15) is 0 Å². The molecule has 0 spiro atoms. The van der Waals surface area contributed by atoms with E-state index in [1.54, 1.807) is 0 Å². The first-order valence-electron chi connectivity index (χ1n) is 7.05. The van der Waals surface area contributed by atoms with E-state index in [-0.39, 0.29) is 0 Å². The van der Waals surface area contributed by atoms with E-state index in [0.717, 1.165) is 6.04 Å². The maximum Gasteiger partial charge on any atom is 0.0345 e. The molecule has 3 rings (SSSR count). The molecule has 0 bridgehead atoms. The van der Waals surface area contributed by atoms with Crippen LogP contribution < -0.4 is 5.32 Å². The van der Waals surface area contributed by atoms with Gasteiger partial charge in [0.05, 0.1) is 0 Å². The molecule has 1 aliphatic heterocycles. The second-order valence-electron chi connectivity index (χ2n) is 5.48. The highest BCUT2D eigenvalue weighted by Gasteiger charge is 2.17. The largest absolute Gasteiger partial charge is 0.311 e. The van der Waals surface area contributed by atoms with Crippen molar-refractivity contribution in [3.8, 4) is 0 Å². The number of thiophene rings is 1. The van der Waals surface area contributed by atoms with E-state index < -0.39 is 0 Å². The molecule has 0 amide bonds. The maximum absolute atomic E-state index is 3.72. The van der Waals surface area contributed by atoms with Crippen molar-refractivity contribution in [2.75, 3.05) is 0 Å². The molecule has 1 fully saturated rings. The highest BCUT2D eigenvalue weighted by Crippen LogP contribution is 2.27. The monoisotopic (exact) mass is 259 g/mol. The molecule has 2 heterocycles. The van der Waals surface area contributed by atoms with Crippen LogP contribution in [0.4, 0.5) is 0 Å². The summed E-state index contributed by atoms with van der Waals surface area (Å²) < 4.78 is 1.43. The van der Waals surface area contributed by atoms with Crippen LogP contribution in [0, 0.1) is 0 Å². The van der Waals surface area contributed by atoms with Gasteiger partial charge in [0.2, 0.25) is 0 Å². The fourth-order valence-electron chi connectivity index (χ4n) is 2.94. The second-order valence-corrected chi connectivity index (χ2v) is 6.65. The first-order chi connectivity index (χ1) is 8.81. The average Bonchev–Trinajstić information content (AvgIpc) is 2.79. The zero-order valence-corrected chi connectivity index (χ0v) is 11.8.